The zero-order chi connectivity index (χ0) is 12.3. The van der Waals surface area contributed by atoms with Gasteiger partial charge in [-0.2, -0.15) is 0 Å². The van der Waals surface area contributed by atoms with Crippen LogP contribution in [0.2, 0.25) is 0 Å². The molecule has 0 fully saturated rings. The zero-order valence-electron chi connectivity index (χ0n) is 10.1. The van der Waals surface area contributed by atoms with Crippen molar-refractivity contribution in [1.29, 1.82) is 0 Å². The molecule has 0 radical (unpaired) electrons. The van der Waals surface area contributed by atoms with Crippen LogP contribution in [0.15, 0.2) is 48.1 Å². The first-order chi connectivity index (χ1) is 8.16. The molecule has 0 bridgehead atoms. The Morgan fingerprint density at radius 1 is 1.29 bits per heavy atom. The highest BCUT2D eigenvalue weighted by molar-refractivity contribution is 5.90. The number of esters is 1. The molecular weight excluding hydrogens is 212 g/mol. The number of cyclic esters (lactones) is 1. The van der Waals surface area contributed by atoms with Crippen molar-refractivity contribution in [2.45, 2.75) is 20.0 Å². The van der Waals surface area contributed by atoms with Crippen LogP contribution in [0.1, 0.15) is 19.4 Å². The third-order valence-corrected chi connectivity index (χ3v) is 2.89. The van der Waals surface area contributed by atoms with Crippen LogP contribution < -0.4 is 0 Å². The molecule has 0 N–H and O–H groups in total. The molecular formula is C15H16O2. The van der Waals surface area contributed by atoms with Crippen LogP contribution in [0.3, 0.4) is 0 Å². The van der Waals surface area contributed by atoms with Gasteiger partial charge in [0.2, 0.25) is 0 Å². The van der Waals surface area contributed by atoms with Crippen LogP contribution in [-0.2, 0) is 9.53 Å². The predicted molar refractivity (Wildman–Crippen MR) is 68.3 cm³/mol. The van der Waals surface area contributed by atoms with E-state index in [0.29, 0.717) is 5.57 Å². The van der Waals surface area contributed by atoms with Crippen molar-refractivity contribution in [3.05, 3.63) is 53.6 Å². The fourth-order valence-corrected chi connectivity index (χ4v) is 1.76. The lowest BCUT2D eigenvalue weighted by molar-refractivity contribution is -0.140. The van der Waals surface area contributed by atoms with Gasteiger partial charge in [-0.15, -0.1) is 0 Å². The molecule has 1 aliphatic rings. The quantitative estimate of drug-likeness (QED) is 0.742. The maximum absolute atomic E-state index is 11.2. The number of benzene rings is 1. The topological polar surface area (TPSA) is 26.3 Å². The molecule has 2 heteroatoms. The van der Waals surface area contributed by atoms with Gasteiger partial charge in [0.1, 0.15) is 6.10 Å². The molecule has 0 saturated carbocycles. The average Bonchev–Trinajstić information content (AvgIpc) is 2.68. The Bertz CT molecular complexity index is 457. The standard InChI is InChI=1S/C15H16O2/c1-11(14-10-12(2)15(16)17-14)8-9-13-6-4-3-5-7-13/h3-11,14H,1-2H3/b9-8+. The lowest BCUT2D eigenvalue weighted by atomic mass is 10.0. The van der Waals surface area contributed by atoms with E-state index in [9.17, 15) is 4.79 Å². The number of rotatable bonds is 3. The van der Waals surface area contributed by atoms with Gasteiger partial charge < -0.3 is 4.74 Å². The highest BCUT2D eigenvalue weighted by Crippen LogP contribution is 2.21. The monoisotopic (exact) mass is 228 g/mol. The van der Waals surface area contributed by atoms with Crippen molar-refractivity contribution in [1.82, 2.24) is 0 Å². The Morgan fingerprint density at radius 3 is 2.59 bits per heavy atom. The van der Waals surface area contributed by atoms with Crippen molar-refractivity contribution in [3.63, 3.8) is 0 Å². The highest BCUT2D eigenvalue weighted by atomic mass is 16.5. The van der Waals surface area contributed by atoms with Crippen LogP contribution >= 0.6 is 0 Å². The van der Waals surface area contributed by atoms with Gasteiger partial charge >= 0.3 is 5.97 Å². The fourth-order valence-electron chi connectivity index (χ4n) is 1.76. The second-order valence-corrected chi connectivity index (χ2v) is 4.35. The number of carbonyl (C=O) groups excluding carboxylic acids is 1. The van der Waals surface area contributed by atoms with Crippen LogP contribution in [0.4, 0.5) is 0 Å². The van der Waals surface area contributed by atoms with E-state index < -0.39 is 0 Å². The van der Waals surface area contributed by atoms with Gasteiger partial charge in [0.05, 0.1) is 0 Å². The Labute approximate surface area is 102 Å². The molecule has 1 heterocycles. The first-order valence-electron chi connectivity index (χ1n) is 5.79. The van der Waals surface area contributed by atoms with Crippen molar-refractivity contribution < 1.29 is 9.53 Å². The minimum atomic E-state index is -0.199. The molecule has 2 unspecified atom stereocenters. The Morgan fingerprint density at radius 2 is 2.00 bits per heavy atom. The largest absolute Gasteiger partial charge is 0.454 e. The van der Waals surface area contributed by atoms with E-state index in [4.69, 9.17) is 4.74 Å². The number of hydrogen-bond acceptors (Lipinski definition) is 2. The third kappa shape index (κ3) is 2.84. The molecule has 0 spiro atoms. The van der Waals surface area contributed by atoms with Gasteiger partial charge in [-0.05, 0) is 18.6 Å². The predicted octanol–water partition coefficient (Wildman–Crippen LogP) is 3.21. The minimum absolute atomic E-state index is 0.123. The summed E-state index contributed by atoms with van der Waals surface area (Å²) in [6.45, 7) is 3.84. The van der Waals surface area contributed by atoms with Crippen LogP contribution in [0, 0.1) is 5.92 Å². The van der Waals surface area contributed by atoms with Gasteiger partial charge in [0, 0.05) is 11.5 Å². The summed E-state index contributed by atoms with van der Waals surface area (Å²) in [6.07, 6.45) is 5.90. The molecule has 0 aromatic heterocycles. The Kier molecular flexibility index (Phi) is 3.43. The third-order valence-electron chi connectivity index (χ3n) is 2.89. The van der Waals surface area contributed by atoms with E-state index in [1.54, 1.807) is 6.92 Å². The minimum Gasteiger partial charge on any atom is -0.454 e. The van der Waals surface area contributed by atoms with Crippen molar-refractivity contribution >= 4 is 12.0 Å². The van der Waals surface area contributed by atoms with Gasteiger partial charge in [-0.25, -0.2) is 4.79 Å². The van der Waals surface area contributed by atoms with Gasteiger partial charge in [0.25, 0.3) is 0 Å². The summed E-state index contributed by atoms with van der Waals surface area (Å²) in [4.78, 5) is 11.2. The van der Waals surface area contributed by atoms with Gasteiger partial charge in [-0.3, -0.25) is 0 Å². The number of hydrogen-bond donors (Lipinski definition) is 0. The van der Waals surface area contributed by atoms with Gasteiger partial charge in [0.15, 0.2) is 0 Å². The Hall–Kier alpha value is -1.83. The second-order valence-electron chi connectivity index (χ2n) is 4.35. The SMILES string of the molecule is CC1=CC(C(C)/C=C/c2ccccc2)OC1=O. The maximum atomic E-state index is 11.2. The van der Waals surface area contributed by atoms with E-state index in [2.05, 4.69) is 12.2 Å². The summed E-state index contributed by atoms with van der Waals surface area (Å²) in [6, 6.07) is 10.1. The normalized spacial score (nSPS) is 21.4. The average molecular weight is 228 g/mol. The molecule has 2 nitrogen and oxygen atoms in total. The van der Waals surface area contributed by atoms with E-state index in [1.807, 2.05) is 43.3 Å². The van der Waals surface area contributed by atoms with Crippen LogP contribution in [0.5, 0.6) is 0 Å². The first kappa shape index (κ1) is 11.6. The van der Waals surface area contributed by atoms with Gasteiger partial charge in [-0.1, -0.05) is 49.4 Å². The smallest absolute Gasteiger partial charge is 0.334 e. The molecule has 0 saturated heterocycles. The van der Waals surface area contributed by atoms with Crippen molar-refractivity contribution in [2.24, 2.45) is 5.92 Å². The summed E-state index contributed by atoms with van der Waals surface area (Å²) in [5.74, 6) is -0.00781. The lowest BCUT2D eigenvalue weighted by Gasteiger charge is -2.12. The molecule has 2 rings (SSSR count). The van der Waals surface area contributed by atoms with E-state index in [-0.39, 0.29) is 18.0 Å². The van der Waals surface area contributed by atoms with Crippen LogP contribution in [0.25, 0.3) is 6.08 Å². The molecule has 88 valence electrons. The number of ether oxygens (including phenoxy) is 1. The summed E-state index contributed by atoms with van der Waals surface area (Å²) >= 11 is 0. The second kappa shape index (κ2) is 5.00. The van der Waals surface area contributed by atoms with E-state index >= 15 is 0 Å². The highest BCUT2D eigenvalue weighted by Gasteiger charge is 2.25. The summed E-state index contributed by atoms with van der Waals surface area (Å²) in [5, 5.41) is 0. The zero-order valence-corrected chi connectivity index (χ0v) is 10.1. The summed E-state index contributed by atoms with van der Waals surface area (Å²) in [5.41, 5.74) is 1.86. The molecule has 0 amide bonds. The van der Waals surface area contributed by atoms with Crippen molar-refractivity contribution in [2.75, 3.05) is 0 Å². The molecule has 1 aromatic rings. The van der Waals surface area contributed by atoms with E-state index in [0.717, 1.165) is 5.56 Å². The fraction of sp³-hybridized carbons (Fsp3) is 0.267. The molecule has 2 atom stereocenters. The first-order valence-corrected chi connectivity index (χ1v) is 5.79. The maximum Gasteiger partial charge on any atom is 0.334 e. The number of carbonyl (C=O) groups is 1. The lowest BCUT2D eigenvalue weighted by Crippen LogP contribution is -2.15. The summed E-state index contributed by atoms with van der Waals surface area (Å²) in [7, 11) is 0. The van der Waals surface area contributed by atoms with Crippen molar-refractivity contribution in [3.8, 4) is 0 Å². The molecule has 17 heavy (non-hydrogen) atoms. The molecule has 1 aliphatic heterocycles. The molecule has 1 aromatic carbocycles. The summed E-state index contributed by atoms with van der Waals surface area (Å²) < 4.78 is 5.24. The van der Waals surface area contributed by atoms with E-state index in [1.165, 1.54) is 0 Å². The molecule has 0 aliphatic carbocycles. The Balaban J connectivity index is 2.01. The van der Waals surface area contributed by atoms with Crippen LogP contribution in [-0.4, -0.2) is 12.1 Å².